The van der Waals surface area contributed by atoms with Crippen LogP contribution in [0.2, 0.25) is 0 Å². The highest BCUT2D eigenvalue weighted by Gasteiger charge is 2.03. The van der Waals surface area contributed by atoms with Crippen LogP contribution >= 0.6 is 0 Å². The lowest BCUT2D eigenvalue weighted by molar-refractivity contribution is -0.125. The molecular formula is C11H16N2O3. The number of benzene rings is 1. The Hall–Kier alpha value is -1.59. The number of amides is 1. The van der Waals surface area contributed by atoms with Gasteiger partial charge >= 0.3 is 0 Å². The highest BCUT2D eigenvalue weighted by molar-refractivity contribution is 5.77. The Kier molecular flexibility index (Phi) is 5.31. The molecule has 0 aliphatic heterocycles. The molecule has 0 aromatic heterocycles. The first-order valence-corrected chi connectivity index (χ1v) is 5.05. The quantitative estimate of drug-likeness (QED) is 0.593. The van der Waals surface area contributed by atoms with Gasteiger partial charge in [-0.15, -0.1) is 0 Å². The number of phenols is 1. The molecule has 0 heterocycles. The summed E-state index contributed by atoms with van der Waals surface area (Å²) >= 11 is 0. The predicted octanol–water partition coefficient (Wildman–Crippen LogP) is -0.0163. The van der Waals surface area contributed by atoms with Gasteiger partial charge in [0.2, 0.25) is 5.91 Å². The van der Waals surface area contributed by atoms with E-state index in [1.807, 2.05) is 0 Å². The second-order valence-electron chi connectivity index (χ2n) is 3.25. The zero-order valence-corrected chi connectivity index (χ0v) is 8.98. The summed E-state index contributed by atoms with van der Waals surface area (Å²) in [5.41, 5.74) is 5.89. The number of para-hydroxylation sites is 1. The van der Waals surface area contributed by atoms with E-state index in [-0.39, 0.29) is 24.8 Å². The predicted molar refractivity (Wildman–Crippen MR) is 59.8 cm³/mol. The van der Waals surface area contributed by atoms with E-state index in [1.54, 1.807) is 24.3 Å². The van der Waals surface area contributed by atoms with Crippen LogP contribution in [0.15, 0.2) is 24.3 Å². The van der Waals surface area contributed by atoms with Crippen molar-refractivity contribution < 1.29 is 14.6 Å². The maximum atomic E-state index is 11.2. The number of ether oxygens (including phenoxy) is 1. The minimum Gasteiger partial charge on any atom is -0.508 e. The second kappa shape index (κ2) is 6.81. The average Bonchev–Trinajstić information content (AvgIpc) is 2.28. The van der Waals surface area contributed by atoms with Gasteiger partial charge < -0.3 is 20.9 Å². The van der Waals surface area contributed by atoms with Gasteiger partial charge in [0.15, 0.2) is 0 Å². The molecule has 0 aliphatic rings. The molecule has 88 valence electrons. The van der Waals surface area contributed by atoms with E-state index in [0.29, 0.717) is 18.7 Å². The summed E-state index contributed by atoms with van der Waals surface area (Å²) < 4.78 is 4.96. The molecule has 1 aromatic rings. The molecule has 1 rings (SSSR count). The first kappa shape index (κ1) is 12.5. The van der Waals surface area contributed by atoms with Crippen molar-refractivity contribution >= 4 is 5.91 Å². The van der Waals surface area contributed by atoms with Gasteiger partial charge in [-0.1, -0.05) is 18.2 Å². The number of carbonyl (C=O) groups is 1. The second-order valence-corrected chi connectivity index (χ2v) is 3.25. The highest BCUT2D eigenvalue weighted by atomic mass is 16.5. The van der Waals surface area contributed by atoms with Gasteiger partial charge in [0, 0.05) is 18.7 Å². The van der Waals surface area contributed by atoms with Crippen molar-refractivity contribution in [2.75, 3.05) is 19.8 Å². The van der Waals surface area contributed by atoms with Gasteiger partial charge in [0.1, 0.15) is 12.4 Å². The Balaban J connectivity index is 2.29. The molecule has 16 heavy (non-hydrogen) atoms. The molecule has 0 fully saturated rings. The van der Waals surface area contributed by atoms with E-state index in [0.717, 1.165) is 0 Å². The van der Waals surface area contributed by atoms with Gasteiger partial charge in [0.05, 0.1) is 6.61 Å². The molecule has 0 radical (unpaired) electrons. The zero-order chi connectivity index (χ0) is 11.8. The van der Waals surface area contributed by atoms with Gasteiger partial charge in [-0.2, -0.15) is 0 Å². The van der Waals surface area contributed by atoms with Crippen molar-refractivity contribution in [1.29, 1.82) is 0 Å². The maximum Gasteiger partial charge on any atom is 0.246 e. The molecule has 0 saturated carbocycles. The summed E-state index contributed by atoms with van der Waals surface area (Å²) in [6.45, 7) is 1.04. The number of carbonyl (C=O) groups excluding carboxylic acids is 1. The number of hydrogen-bond acceptors (Lipinski definition) is 4. The Labute approximate surface area is 94.2 Å². The third-order valence-corrected chi connectivity index (χ3v) is 1.96. The van der Waals surface area contributed by atoms with Crippen molar-refractivity contribution in [2.45, 2.75) is 6.54 Å². The van der Waals surface area contributed by atoms with Crippen LogP contribution in [0.3, 0.4) is 0 Å². The normalized spacial score (nSPS) is 10.1. The van der Waals surface area contributed by atoms with Crippen molar-refractivity contribution in [1.82, 2.24) is 5.32 Å². The zero-order valence-electron chi connectivity index (χ0n) is 8.98. The topological polar surface area (TPSA) is 84.6 Å². The molecule has 0 spiro atoms. The lowest BCUT2D eigenvalue weighted by atomic mass is 10.2. The lowest BCUT2D eigenvalue weighted by Crippen LogP contribution is -2.28. The largest absolute Gasteiger partial charge is 0.508 e. The Morgan fingerprint density at radius 2 is 2.19 bits per heavy atom. The fraction of sp³-hybridized carbons (Fsp3) is 0.364. The fourth-order valence-corrected chi connectivity index (χ4v) is 1.15. The SMILES string of the molecule is NCCOCC(=O)NCc1ccccc1O. The van der Waals surface area contributed by atoms with E-state index in [9.17, 15) is 9.90 Å². The molecule has 1 aromatic carbocycles. The number of nitrogens with one attached hydrogen (secondary N) is 1. The van der Waals surface area contributed by atoms with Crippen LogP contribution in [-0.4, -0.2) is 30.8 Å². The summed E-state index contributed by atoms with van der Waals surface area (Å²) in [6, 6.07) is 6.85. The molecule has 1 amide bonds. The van der Waals surface area contributed by atoms with E-state index in [2.05, 4.69) is 5.32 Å². The molecule has 0 atom stereocenters. The first-order chi connectivity index (χ1) is 7.74. The monoisotopic (exact) mass is 224 g/mol. The van der Waals surface area contributed by atoms with Crippen LogP contribution in [0, 0.1) is 0 Å². The van der Waals surface area contributed by atoms with Crippen LogP contribution in [0.5, 0.6) is 5.75 Å². The minimum atomic E-state index is -0.225. The van der Waals surface area contributed by atoms with Gasteiger partial charge in [0.25, 0.3) is 0 Å². The van der Waals surface area contributed by atoms with Gasteiger partial charge in [-0.05, 0) is 6.07 Å². The van der Waals surface area contributed by atoms with Crippen molar-refractivity contribution in [3.05, 3.63) is 29.8 Å². The van der Waals surface area contributed by atoms with E-state index in [1.165, 1.54) is 0 Å². The first-order valence-electron chi connectivity index (χ1n) is 5.05. The number of aromatic hydroxyl groups is 1. The smallest absolute Gasteiger partial charge is 0.246 e. The summed E-state index contributed by atoms with van der Waals surface area (Å²) in [4.78, 5) is 11.2. The third-order valence-electron chi connectivity index (χ3n) is 1.96. The number of hydrogen-bond donors (Lipinski definition) is 3. The summed E-state index contributed by atoms with van der Waals surface area (Å²) in [5.74, 6) is -0.0534. The van der Waals surface area contributed by atoms with Crippen LogP contribution < -0.4 is 11.1 Å². The van der Waals surface area contributed by atoms with Gasteiger partial charge in [-0.3, -0.25) is 4.79 Å². The molecule has 4 N–H and O–H groups in total. The molecule has 0 saturated heterocycles. The molecule has 5 heteroatoms. The minimum absolute atomic E-state index is 0.00913. The Bertz CT molecular complexity index is 342. The molecule has 0 bridgehead atoms. The Morgan fingerprint density at radius 1 is 1.44 bits per heavy atom. The van der Waals surface area contributed by atoms with Crippen LogP contribution in [-0.2, 0) is 16.1 Å². The third kappa shape index (κ3) is 4.29. The number of phenolic OH excluding ortho intramolecular Hbond substituents is 1. The molecule has 0 unspecified atom stereocenters. The summed E-state index contributed by atoms with van der Waals surface area (Å²) in [5, 5.41) is 12.1. The Morgan fingerprint density at radius 3 is 2.88 bits per heavy atom. The van der Waals surface area contributed by atoms with E-state index >= 15 is 0 Å². The summed E-state index contributed by atoms with van der Waals surface area (Å²) in [6.07, 6.45) is 0. The van der Waals surface area contributed by atoms with Crippen molar-refractivity contribution in [3.8, 4) is 5.75 Å². The number of rotatable bonds is 6. The van der Waals surface area contributed by atoms with E-state index in [4.69, 9.17) is 10.5 Å². The highest BCUT2D eigenvalue weighted by Crippen LogP contribution is 2.14. The molecule has 5 nitrogen and oxygen atoms in total. The molecule has 0 aliphatic carbocycles. The number of nitrogens with two attached hydrogens (primary N) is 1. The van der Waals surface area contributed by atoms with E-state index < -0.39 is 0 Å². The standard InChI is InChI=1S/C11H16N2O3/c12-5-6-16-8-11(15)13-7-9-3-1-2-4-10(9)14/h1-4,14H,5-8,12H2,(H,13,15). The molecular weight excluding hydrogens is 208 g/mol. The average molecular weight is 224 g/mol. The summed E-state index contributed by atoms with van der Waals surface area (Å²) in [7, 11) is 0. The van der Waals surface area contributed by atoms with Crippen LogP contribution in [0.25, 0.3) is 0 Å². The van der Waals surface area contributed by atoms with Crippen LogP contribution in [0.1, 0.15) is 5.56 Å². The van der Waals surface area contributed by atoms with Crippen molar-refractivity contribution in [3.63, 3.8) is 0 Å². The van der Waals surface area contributed by atoms with Gasteiger partial charge in [-0.25, -0.2) is 0 Å². The lowest BCUT2D eigenvalue weighted by Gasteiger charge is -2.07. The van der Waals surface area contributed by atoms with Crippen molar-refractivity contribution in [2.24, 2.45) is 5.73 Å². The maximum absolute atomic E-state index is 11.2. The van der Waals surface area contributed by atoms with Crippen LogP contribution in [0.4, 0.5) is 0 Å². The fourth-order valence-electron chi connectivity index (χ4n) is 1.15.